The van der Waals surface area contributed by atoms with E-state index in [4.69, 9.17) is 21.7 Å². The van der Waals surface area contributed by atoms with E-state index in [-0.39, 0.29) is 24.3 Å². The second-order valence-corrected chi connectivity index (χ2v) is 15.5. The van der Waals surface area contributed by atoms with Gasteiger partial charge in [0.25, 0.3) is 0 Å². The highest BCUT2D eigenvalue weighted by Crippen LogP contribution is 2.27. The highest BCUT2D eigenvalue weighted by Gasteiger charge is 2.12. The molecule has 0 heterocycles. The molecule has 0 bridgehead atoms. The molecule has 0 N–H and O–H groups in total. The van der Waals surface area contributed by atoms with Crippen molar-refractivity contribution in [2.24, 2.45) is 0 Å². The molecule has 1 unspecified atom stereocenters. The summed E-state index contributed by atoms with van der Waals surface area (Å²) in [6, 6.07) is 36.3. The van der Waals surface area contributed by atoms with Gasteiger partial charge in [0.05, 0.1) is 19.1 Å². The summed E-state index contributed by atoms with van der Waals surface area (Å²) in [5.74, 6) is 0.713. The minimum absolute atomic E-state index is 0.00551. The van der Waals surface area contributed by atoms with Gasteiger partial charge in [-0.25, -0.2) is 0 Å². The van der Waals surface area contributed by atoms with E-state index in [9.17, 15) is 9.59 Å². The number of esters is 1. The maximum absolute atomic E-state index is 13.4. The third kappa shape index (κ3) is 13.6. The van der Waals surface area contributed by atoms with Gasteiger partial charge in [-0.05, 0) is 76.6 Å². The van der Waals surface area contributed by atoms with Crippen LogP contribution >= 0.6 is 12.2 Å². The van der Waals surface area contributed by atoms with Crippen LogP contribution in [0.4, 0.5) is 0 Å². The van der Waals surface area contributed by atoms with E-state index in [0.29, 0.717) is 17.5 Å². The molecule has 1 atom stereocenters. The number of carbonyl (C=O) groups excluding carboxylic acids is 2. The number of hydrogen-bond donors (Lipinski definition) is 0. The first-order valence-corrected chi connectivity index (χ1v) is 20.9. The van der Waals surface area contributed by atoms with Gasteiger partial charge in [0.15, 0.2) is 5.78 Å². The minimum atomic E-state index is -0.201. The molecule has 4 nitrogen and oxygen atoms in total. The number of ketones is 1. The molecule has 0 saturated heterocycles. The van der Waals surface area contributed by atoms with Crippen LogP contribution in [-0.2, 0) is 28.8 Å². The average Bonchev–Trinajstić information content (AvgIpc) is 3.20. The van der Waals surface area contributed by atoms with Crippen molar-refractivity contribution >= 4 is 39.6 Å². The van der Waals surface area contributed by atoms with Crippen molar-refractivity contribution < 1.29 is 19.1 Å². The lowest BCUT2D eigenvalue weighted by Crippen LogP contribution is -2.15. The summed E-state index contributed by atoms with van der Waals surface area (Å²) in [5.41, 5.74) is 6.63. The van der Waals surface area contributed by atoms with Crippen LogP contribution in [0.25, 0.3) is 21.9 Å². The van der Waals surface area contributed by atoms with Gasteiger partial charge >= 0.3 is 5.97 Å². The van der Waals surface area contributed by atoms with Gasteiger partial charge in [-0.2, -0.15) is 0 Å². The van der Waals surface area contributed by atoms with Crippen LogP contribution in [0.15, 0.2) is 109 Å². The molecular formula is C50H58O4S. The molecule has 0 saturated carbocycles. The number of rotatable bonds is 23. The van der Waals surface area contributed by atoms with Crippen LogP contribution in [-0.4, -0.2) is 29.3 Å². The summed E-state index contributed by atoms with van der Waals surface area (Å²) < 4.78 is 11.4. The van der Waals surface area contributed by atoms with Crippen molar-refractivity contribution in [3.8, 4) is 16.9 Å². The van der Waals surface area contributed by atoms with E-state index in [1.807, 2.05) is 80.6 Å². The lowest BCUT2D eigenvalue weighted by molar-refractivity contribution is -0.147. The quantitative estimate of drug-likeness (QED) is 0.0288. The van der Waals surface area contributed by atoms with E-state index in [1.54, 1.807) is 0 Å². The number of hydrogen-bond acceptors (Lipinski definition) is 5. The van der Waals surface area contributed by atoms with Gasteiger partial charge in [-0.1, -0.05) is 175 Å². The molecule has 0 aromatic heterocycles. The normalized spacial score (nSPS) is 11.7. The van der Waals surface area contributed by atoms with Crippen molar-refractivity contribution in [2.75, 3.05) is 6.61 Å². The minimum Gasteiger partial charge on any atom is -0.494 e. The Balaban J connectivity index is 1.04. The van der Waals surface area contributed by atoms with Crippen molar-refractivity contribution in [3.63, 3.8) is 0 Å². The van der Waals surface area contributed by atoms with E-state index >= 15 is 0 Å². The highest BCUT2D eigenvalue weighted by molar-refractivity contribution is 7.80. The average molecular weight is 755 g/mol. The van der Waals surface area contributed by atoms with Gasteiger partial charge < -0.3 is 9.47 Å². The zero-order valence-electron chi connectivity index (χ0n) is 33.1. The fraction of sp³-hybridized carbons (Fsp3) is 0.380. The van der Waals surface area contributed by atoms with Crippen molar-refractivity contribution in [1.29, 1.82) is 0 Å². The SMILES string of the molecule is CCCCCCCCCCCCOc1ccc(CC(=S)Cc2ccc(C(=O)c3ccc(-c4ccc5cc(CC(=O)OC(C)CC)ccc5c4)cc3)cc2)cc1. The molecule has 0 radical (unpaired) electrons. The molecular weight excluding hydrogens is 697 g/mol. The van der Waals surface area contributed by atoms with Crippen LogP contribution in [0.5, 0.6) is 5.75 Å². The smallest absolute Gasteiger partial charge is 0.310 e. The third-order valence-corrected chi connectivity index (χ3v) is 10.6. The zero-order valence-corrected chi connectivity index (χ0v) is 33.9. The largest absolute Gasteiger partial charge is 0.494 e. The Morgan fingerprint density at radius 2 is 1.07 bits per heavy atom. The van der Waals surface area contributed by atoms with E-state index in [0.717, 1.165) is 69.5 Å². The number of ether oxygens (including phenoxy) is 2. The molecule has 5 heteroatoms. The molecule has 0 aliphatic carbocycles. The lowest BCUT2D eigenvalue weighted by atomic mass is 9.96. The highest BCUT2D eigenvalue weighted by atomic mass is 32.1. The van der Waals surface area contributed by atoms with Gasteiger partial charge in [-0.3, -0.25) is 9.59 Å². The van der Waals surface area contributed by atoms with Gasteiger partial charge in [0.2, 0.25) is 0 Å². The fourth-order valence-electron chi connectivity index (χ4n) is 6.86. The third-order valence-electron chi connectivity index (χ3n) is 10.3. The first kappa shape index (κ1) is 41.6. The Morgan fingerprint density at radius 3 is 1.69 bits per heavy atom. The Bertz CT molecular complexity index is 1960. The summed E-state index contributed by atoms with van der Waals surface area (Å²) in [6.07, 6.45) is 15.6. The first-order chi connectivity index (χ1) is 26.8. The standard InChI is InChI=1S/C50H58O4S/c1-4-6-7-8-9-10-11-12-13-14-31-53-47-29-18-39(19-30-47)34-48(55)33-38-15-20-42(21-16-38)50(52)43-25-23-41(24-26-43)45-28-27-44-32-40(17-22-46(44)36-45)35-49(51)54-37(3)5-2/h15-30,32,36-37H,4-14,31,33-35H2,1-3H3. The summed E-state index contributed by atoms with van der Waals surface area (Å²) in [7, 11) is 0. The van der Waals surface area contributed by atoms with Crippen LogP contribution < -0.4 is 4.74 Å². The molecule has 288 valence electrons. The number of thiocarbonyl (C=S) groups is 1. The maximum atomic E-state index is 13.4. The Labute approximate surface area is 334 Å². The van der Waals surface area contributed by atoms with Crippen molar-refractivity contribution in [3.05, 3.63) is 137 Å². The Hall–Kier alpha value is -4.61. The fourth-order valence-corrected chi connectivity index (χ4v) is 7.19. The van der Waals surface area contributed by atoms with Crippen LogP contribution in [0.2, 0.25) is 0 Å². The second kappa shape index (κ2) is 22.1. The van der Waals surface area contributed by atoms with Crippen molar-refractivity contribution in [1.82, 2.24) is 0 Å². The molecule has 0 spiro atoms. The number of unbranched alkanes of at least 4 members (excludes halogenated alkanes) is 9. The molecule has 0 aliphatic rings. The summed E-state index contributed by atoms with van der Waals surface area (Å²) >= 11 is 5.77. The number of benzene rings is 5. The zero-order chi connectivity index (χ0) is 38.8. The monoisotopic (exact) mass is 754 g/mol. The van der Waals surface area contributed by atoms with Gasteiger partial charge in [-0.15, -0.1) is 0 Å². The molecule has 0 aliphatic heterocycles. The van der Waals surface area contributed by atoms with Crippen molar-refractivity contribution in [2.45, 2.75) is 117 Å². The van der Waals surface area contributed by atoms with E-state index < -0.39 is 0 Å². The van der Waals surface area contributed by atoms with Gasteiger partial charge in [0, 0.05) is 28.8 Å². The van der Waals surface area contributed by atoms with Gasteiger partial charge in [0.1, 0.15) is 5.75 Å². The predicted molar refractivity (Wildman–Crippen MR) is 233 cm³/mol. The topological polar surface area (TPSA) is 52.6 Å². The molecule has 5 aromatic rings. The van der Waals surface area contributed by atoms with E-state index in [2.05, 4.69) is 49.4 Å². The number of fused-ring (bicyclic) bond motifs is 1. The maximum Gasteiger partial charge on any atom is 0.310 e. The molecule has 5 rings (SSSR count). The first-order valence-electron chi connectivity index (χ1n) is 20.5. The number of carbonyl (C=O) groups is 2. The van der Waals surface area contributed by atoms with E-state index in [1.165, 1.54) is 63.4 Å². The van der Waals surface area contributed by atoms with Crippen LogP contribution in [0.3, 0.4) is 0 Å². The summed E-state index contributed by atoms with van der Waals surface area (Å²) in [6.45, 7) is 6.96. The molecule has 5 aromatic carbocycles. The second-order valence-electron chi connectivity index (χ2n) is 15.0. The predicted octanol–water partition coefficient (Wildman–Crippen LogP) is 13.1. The lowest BCUT2D eigenvalue weighted by Gasteiger charge is -2.11. The summed E-state index contributed by atoms with van der Waals surface area (Å²) in [5, 5.41) is 2.16. The Kier molecular flexibility index (Phi) is 16.7. The molecule has 0 amide bonds. The van der Waals surface area contributed by atoms with Crippen LogP contribution in [0.1, 0.15) is 124 Å². The molecule has 0 fully saturated rings. The Morgan fingerprint density at radius 1 is 0.564 bits per heavy atom. The van der Waals surface area contributed by atoms with Crippen LogP contribution in [0, 0.1) is 0 Å². The molecule has 55 heavy (non-hydrogen) atoms. The summed E-state index contributed by atoms with van der Waals surface area (Å²) in [4.78, 5) is 26.6.